The fourth-order valence-electron chi connectivity index (χ4n) is 1.77. The van der Waals surface area contributed by atoms with Gasteiger partial charge in [-0.2, -0.15) is 4.98 Å². The number of rotatable bonds is 10. The Kier molecular flexibility index (Phi) is 7.70. The predicted octanol–water partition coefficient (Wildman–Crippen LogP) is 2.88. The lowest BCUT2D eigenvalue weighted by molar-refractivity contribution is -0.102. The number of aromatic nitrogens is 1. The summed E-state index contributed by atoms with van der Waals surface area (Å²) in [5.41, 5.74) is 0.522. The number of halogens is 2. The van der Waals surface area contributed by atoms with Gasteiger partial charge in [-0.15, -0.1) is 0 Å². The van der Waals surface area contributed by atoms with Gasteiger partial charge in [0, 0.05) is 27.1 Å². The van der Waals surface area contributed by atoms with Crippen LogP contribution in [0.2, 0.25) is 0 Å². The normalized spacial score (nSPS) is 13.1. The molecule has 1 unspecified atom stereocenters. The van der Waals surface area contributed by atoms with Gasteiger partial charge in [-0.05, 0) is 12.5 Å². The van der Waals surface area contributed by atoms with Crippen molar-refractivity contribution in [1.82, 2.24) is 4.98 Å². The van der Waals surface area contributed by atoms with Crippen LogP contribution in [0.25, 0.3) is 0 Å². The lowest BCUT2D eigenvalue weighted by Crippen LogP contribution is -2.28. The van der Waals surface area contributed by atoms with Gasteiger partial charge in [-0.1, -0.05) is 6.92 Å². The van der Waals surface area contributed by atoms with E-state index in [1.165, 1.54) is 0 Å². The zero-order chi connectivity index (χ0) is 18.2. The van der Waals surface area contributed by atoms with Crippen molar-refractivity contribution < 1.29 is 23.0 Å². The van der Waals surface area contributed by atoms with E-state index in [-0.39, 0.29) is 6.61 Å². The Morgan fingerprint density at radius 1 is 1.42 bits per heavy atom. The third-order valence-corrected chi connectivity index (χ3v) is 2.97. The van der Waals surface area contributed by atoms with E-state index in [4.69, 9.17) is 9.47 Å². The number of carbonyl (C=O) groups is 1. The van der Waals surface area contributed by atoms with E-state index in [2.05, 4.69) is 9.98 Å². The van der Waals surface area contributed by atoms with Crippen molar-refractivity contribution in [2.24, 2.45) is 4.99 Å². The molecule has 0 saturated heterocycles. The zero-order valence-electron chi connectivity index (χ0n) is 14.3. The van der Waals surface area contributed by atoms with E-state index in [9.17, 15) is 13.6 Å². The predicted molar refractivity (Wildman–Crippen MR) is 88.9 cm³/mol. The average molecular weight is 343 g/mol. The van der Waals surface area contributed by atoms with E-state index in [1.54, 1.807) is 31.1 Å². The van der Waals surface area contributed by atoms with E-state index in [0.29, 0.717) is 30.1 Å². The lowest BCUT2D eigenvalue weighted by atomic mass is 10.3. The number of carbonyl (C=O) groups excluding carboxylic acids is 1. The van der Waals surface area contributed by atoms with Crippen LogP contribution in [0.1, 0.15) is 20.3 Å². The highest BCUT2D eigenvalue weighted by atomic mass is 19.3. The third kappa shape index (κ3) is 6.99. The molecule has 134 valence electrons. The average Bonchev–Trinajstić information content (AvgIpc) is 2.52. The molecule has 0 spiro atoms. The maximum absolute atomic E-state index is 12.8. The quantitative estimate of drug-likeness (QED) is 0.483. The highest BCUT2D eigenvalue weighted by molar-refractivity contribution is 6.13. The molecular weight excluding hydrogens is 320 g/mol. The molecule has 0 aromatic carbocycles. The molecule has 1 heterocycles. The molecule has 6 nitrogen and oxygen atoms in total. The molecule has 8 heteroatoms. The third-order valence-electron chi connectivity index (χ3n) is 2.97. The van der Waals surface area contributed by atoms with Crippen LogP contribution in [-0.4, -0.2) is 56.8 Å². The van der Waals surface area contributed by atoms with Gasteiger partial charge >= 0.3 is 0 Å². The van der Waals surface area contributed by atoms with E-state index < -0.39 is 18.6 Å². The summed E-state index contributed by atoms with van der Waals surface area (Å²) < 4.78 is 36.4. The molecule has 1 atom stereocenters. The topological polar surface area (TPSA) is 64.0 Å². The summed E-state index contributed by atoms with van der Waals surface area (Å²) in [5.74, 6) is -2.02. The number of alkyl halides is 2. The molecule has 0 bridgehead atoms. The van der Waals surface area contributed by atoms with Crippen LogP contribution in [0.5, 0.6) is 5.88 Å². The number of hydrogen-bond donors (Lipinski definition) is 0. The Morgan fingerprint density at radius 3 is 2.67 bits per heavy atom. The Balaban J connectivity index is 2.75. The van der Waals surface area contributed by atoms with Crippen LogP contribution >= 0.6 is 0 Å². The maximum Gasteiger partial charge on any atom is 0.268 e. The molecule has 0 fully saturated rings. The second-order valence-corrected chi connectivity index (χ2v) is 5.52. The molecule has 0 saturated carbocycles. The maximum atomic E-state index is 12.8. The number of aldehydes is 1. The summed E-state index contributed by atoms with van der Waals surface area (Å²) in [5, 5.41) is 0. The number of aliphatic imine (C=N–C) groups is 1. The molecular formula is C16H23F2N3O3. The minimum absolute atomic E-state index is 0.114. The molecule has 0 aliphatic carbocycles. The first-order chi connectivity index (χ1) is 11.3. The number of ether oxygens (including phenoxy) is 2. The van der Waals surface area contributed by atoms with Gasteiger partial charge in [0.15, 0.2) is 12.1 Å². The molecule has 24 heavy (non-hydrogen) atoms. The zero-order valence-corrected chi connectivity index (χ0v) is 14.3. The molecule has 0 amide bonds. The van der Waals surface area contributed by atoms with Crippen molar-refractivity contribution in [3.05, 3.63) is 12.1 Å². The first-order valence-electron chi connectivity index (χ1n) is 7.55. The second-order valence-electron chi connectivity index (χ2n) is 5.52. The Bertz CT molecular complexity index is 560. The van der Waals surface area contributed by atoms with Gasteiger partial charge < -0.3 is 14.4 Å². The van der Waals surface area contributed by atoms with Gasteiger partial charge in [0.25, 0.3) is 5.92 Å². The molecule has 0 aliphatic rings. The van der Waals surface area contributed by atoms with E-state index in [0.717, 1.165) is 13.1 Å². The van der Waals surface area contributed by atoms with Crippen molar-refractivity contribution in [3.63, 3.8) is 0 Å². The highest BCUT2D eigenvalue weighted by Crippen LogP contribution is 2.27. The summed E-state index contributed by atoms with van der Waals surface area (Å²) in [4.78, 5) is 20.4. The van der Waals surface area contributed by atoms with Crippen LogP contribution in [-0.2, 0) is 9.53 Å². The summed E-state index contributed by atoms with van der Waals surface area (Å²) in [6.07, 6.45) is 1.80. The van der Waals surface area contributed by atoms with Crippen molar-refractivity contribution in [1.29, 1.82) is 0 Å². The summed E-state index contributed by atoms with van der Waals surface area (Å²) in [6.45, 7) is 2.11. The first-order valence-corrected chi connectivity index (χ1v) is 7.55. The van der Waals surface area contributed by atoms with Gasteiger partial charge in [0.1, 0.15) is 18.9 Å². The molecule has 0 N–H and O–H groups in total. The van der Waals surface area contributed by atoms with Crippen molar-refractivity contribution in [2.45, 2.75) is 32.3 Å². The van der Waals surface area contributed by atoms with E-state index >= 15 is 0 Å². The Morgan fingerprint density at radius 2 is 2.12 bits per heavy atom. The number of nitrogens with zero attached hydrogens (tertiary/aromatic N) is 3. The number of pyridine rings is 1. The van der Waals surface area contributed by atoms with Gasteiger partial charge in [-0.3, -0.25) is 4.79 Å². The largest absolute Gasteiger partial charge is 0.475 e. The molecule has 1 aromatic rings. The first kappa shape index (κ1) is 20.0. The van der Waals surface area contributed by atoms with Crippen molar-refractivity contribution in [3.8, 4) is 5.88 Å². The van der Waals surface area contributed by atoms with Crippen LogP contribution in [0.4, 0.5) is 20.3 Å². The Hall–Kier alpha value is -2.09. The lowest BCUT2D eigenvalue weighted by Gasteiger charge is -2.20. The number of anilines is 1. The van der Waals surface area contributed by atoms with E-state index in [1.807, 2.05) is 6.92 Å². The van der Waals surface area contributed by atoms with Crippen LogP contribution in [0.15, 0.2) is 17.1 Å². The number of hydrogen-bond acceptors (Lipinski definition) is 6. The monoisotopic (exact) mass is 343 g/mol. The minimum Gasteiger partial charge on any atom is -0.475 e. The van der Waals surface area contributed by atoms with Crippen LogP contribution in [0, 0.1) is 0 Å². The van der Waals surface area contributed by atoms with Gasteiger partial charge in [0.2, 0.25) is 5.88 Å². The standard InChI is InChI=1S/C16H23F2N3O3/c1-5-12(24-11-16(2,17)18)10-23-14-7-6-13(19-8-9-22)15(20-14)21(3)4/h6-9,12H,5,10-11H2,1-4H3. The van der Waals surface area contributed by atoms with Crippen LogP contribution in [0.3, 0.4) is 0 Å². The smallest absolute Gasteiger partial charge is 0.268 e. The molecule has 0 aliphatic heterocycles. The summed E-state index contributed by atoms with van der Waals surface area (Å²) in [7, 11) is 3.57. The second kappa shape index (κ2) is 9.27. The van der Waals surface area contributed by atoms with Gasteiger partial charge in [0.05, 0.1) is 12.3 Å². The van der Waals surface area contributed by atoms with Crippen molar-refractivity contribution in [2.75, 3.05) is 32.2 Å². The molecule has 1 aromatic heterocycles. The molecule has 1 rings (SSSR count). The Labute approximate surface area is 140 Å². The van der Waals surface area contributed by atoms with Crippen molar-refractivity contribution >= 4 is 24.0 Å². The summed E-state index contributed by atoms with van der Waals surface area (Å²) in [6, 6.07) is 3.27. The minimum atomic E-state index is -2.87. The van der Waals surface area contributed by atoms with Crippen LogP contribution < -0.4 is 9.64 Å². The molecule has 0 radical (unpaired) electrons. The van der Waals surface area contributed by atoms with Gasteiger partial charge in [-0.25, -0.2) is 13.8 Å². The SMILES string of the molecule is CCC(COc1ccc(N=CC=O)c(N(C)C)n1)OCC(C)(F)F. The highest BCUT2D eigenvalue weighted by Gasteiger charge is 2.23. The fourth-order valence-corrected chi connectivity index (χ4v) is 1.77. The fraction of sp³-hybridized carbons (Fsp3) is 0.562. The summed E-state index contributed by atoms with van der Waals surface area (Å²) >= 11 is 0.